The number of anilines is 1. The summed E-state index contributed by atoms with van der Waals surface area (Å²) in [6.07, 6.45) is 0.751. The van der Waals surface area contributed by atoms with Crippen molar-refractivity contribution in [2.45, 2.75) is 45.6 Å². The molecule has 1 atom stereocenters. The van der Waals surface area contributed by atoms with E-state index in [1.54, 1.807) is 13.0 Å². The first-order valence-corrected chi connectivity index (χ1v) is 12.2. The molecular formula is C28H27BrFNO4. The van der Waals surface area contributed by atoms with Crippen LogP contribution < -0.4 is 10.1 Å². The fourth-order valence-corrected chi connectivity index (χ4v) is 4.85. The molecule has 0 radical (unpaired) electrons. The van der Waals surface area contributed by atoms with Crippen molar-refractivity contribution >= 4 is 33.5 Å². The van der Waals surface area contributed by atoms with Gasteiger partial charge in [0.1, 0.15) is 17.2 Å². The van der Waals surface area contributed by atoms with Crippen LogP contribution in [0.3, 0.4) is 0 Å². The largest absolute Gasteiger partial charge is 0.486 e. The number of ether oxygens (including phenoxy) is 2. The van der Waals surface area contributed by atoms with Crippen LogP contribution in [0, 0.1) is 12.7 Å². The minimum Gasteiger partial charge on any atom is -0.486 e. The van der Waals surface area contributed by atoms with E-state index in [4.69, 9.17) is 9.47 Å². The maximum atomic E-state index is 14.4. The van der Waals surface area contributed by atoms with E-state index >= 15 is 0 Å². The highest BCUT2D eigenvalue weighted by Crippen LogP contribution is 2.48. The average Bonchev–Trinajstić information content (AvgIpc) is 2.79. The van der Waals surface area contributed by atoms with Gasteiger partial charge < -0.3 is 14.8 Å². The Morgan fingerprint density at radius 1 is 1.14 bits per heavy atom. The molecule has 1 aliphatic heterocycles. The van der Waals surface area contributed by atoms with Gasteiger partial charge in [-0.05, 0) is 85.9 Å². The number of esters is 1. The quantitative estimate of drug-likeness (QED) is 0.354. The van der Waals surface area contributed by atoms with Gasteiger partial charge in [0.05, 0.1) is 16.6 Å². The number of carbonyl (C=O) groups is 2. The van der Waals surface area contributed by atoms with Crippen molar-refractivity contribution in [3.05, 3.63) is 92.7 Å². The van der Waals surface area contributed by atoms with Crippen LogP contribution >= 0.6 is 15.9 Å². The lowest BCUT2D eigenvalue weighted by molar-refractivity contribution is 0.0521. The third-order valence-electron chi connectivity index (χ3n) is 5.99. The second-order valence-corrected chi connectivity index (χ2v) is 10.1. The van der Waals surface area contributed by atoms with Crippen LogP contribution in [0.4, 0.5) is 10.1 Å². The average molecular weight is 540 g/mol. The van der Waals surface area contributed by atoms with E-state index in [0.717, 1.165) is 23.6 Å². The van der Waals surface area contributed by atoms with Gasteiger partial charge in [-0.1, -0.05) is 29.8 Å². The molecule has 7 heteroatoms. The molecule has 35 heavy (non-hydrogen) atoms. The number of aryl methyl sites for hydroxylation is 1. The van der Waals surface area contributed by atoms with E-state index in [2.05, 4.69) is 59.4 Å². The van der Waals surface area contributed by atoms with Crippen molar-refractivity contribution in [2.75, 3.05) is 11.9 Å². The summed E-state index contributed by atoms with van der Waals surface area (Å²) in [7, 11) is 0. The number of carbonyl (C=O) groups excluding carboxylic acids is 2. The van der Waals surface area contributed by atoms with Crippen molar-refractivity contribution in [3.63, 3.8) is 0 Å². The lowest BCUT2D eigenvalue weighted by Crippen LogP contribution is -2.35. The summed E-state index contributed by atoms with van der Waals surface area (Å²) < 4.78 is 26.2. The Morgan fingerprint density at radius 2 is 1.86 bits per heavy atom. The van der Waals surface area contributed by atoms with Crippen LogP contribution in [-0.2, 0) is 4.74 Å². The van der Waals surface area contributed by atoms with Crippen molar-refractivity contribution in [3.8, 4) is 5.75 Å². The summed E-state index contributed by atoms with van der Waals surface area (Å²) in [5, 5.41) is 2.72. The van der Waals surface area contributed by atoms with Crippen molar-refractivity contribution in [1.29, 1.82) is 0 Å². The Morgan fingerprint density at radius 3 is 2.51 bits per heavy atom. The maximum absolute atomic E-state index is 14.4. The van der Waals surface area contributed by atoms with Gasteiger partial charge >= 0.3 is 5.97 Å². The second kappa shape index (κ2) is 9.82. The van der Waals surface area contributed by atoms with Crippen LogP contribution in [0.15, 0.2) is 59.1 Å². The third-order valence-corrected chi connectivity index (χ3v) is 6.58. The fourth-order valence-electron chi connectivity index (χ4n) is 4.30. The zero-order valence-electron chi connectivity index (χ0n) is 20.1. The smallest absolute Gasteiger partial charge is 0.341 e. The molecule has 0 saturated heterocycles. The van der Waals surface area contributed by atoms with Crippen LogP contribution in [0.5, 0.6) is 5.75 Å². The first-order chi connectivity index (χ1) is 16.6. The highest BCUT2D eigenvalue weighted by atomic mass is 79.9. The summed E-state index contributed by atoms with van der Waals surface area (Å²) in [6.45, 7) is 7.95. The molecule has 0 bridgehead atoms. The number of rotatable bonds is 5. The standard InChI is InChI=1S/C28H27BrFNO4/c1-5-34-27(33)20-11-10-19(14-24(20)30)31-26(32)18-12-21-22(17-8-6-16(2)7-9-17)15-28(3,4)35-25(21)23(29)13-18/h6-14,22H,5,15H2,1-4H3,(H,31,32). The number of hydrogen-bond acceptors (Lipinski definition) is 4. The predicted molar refractivity (Wildman–Crippen MR) is 137 cm³/mol. The summed E-state index contributed by atoms with van der Waals surface area (Å²) in [5.74, 6) is -1.15. The Balaban J connectivity index is 1.66. The number of halogens is 2. The summed E-state index contributed by atoms with van der Waals surface area (Å²) >= 11 is 3.59. The Bertz CT molecular complexity index is 1290. The van der Waals surface area contributed by atoms with Gasteiger partial charge in [-0.3, -0.25) is 4.79 Å². The lowest BCUT2D eigenvalue weighted by atomic mass is 9.79. The Kier molecular flexibility index (Phi) is 6.99. The summed E-state index contributed by atoms with van der Waals surface area (Å²) in [4.78, 5) is 25.0. The summed E-state index contributed by atoms with van der Waals surface area (Å²) in [5.41, 5.74) is 3.32. The fraction of sp³-hybridized carbons (Fsp3) is 0.286. The van der Waals surface area contributed by atoms with Gasteiger partial charge in [0.15, 0.2) is 0 Å². The van der Waals surface area contributed by atoms with E-state index in [9.17, 15) is 14.0 Å². The van der Waals surface area contributed by atoms with Crippen molar-refractivity contribution in [2.24, 2.45) is 0 Å². The molecule has 1 heterocycles. The maximum Gasteiger partial charge on any atom is 0.341 e. The molecule has 182 valence electrons. The zero-order valence-corrected chi connectivity index (χ0v) is 21.7. The molecule has 1 unspecified atom stereocenters. The first-order valence-electron chi connectivity index (χ1n) is 11.4. The van der Waals surface area contributed by atoms with Gasteiger partial charge in [0.2, 0.25) is 0 Å². The molecule has 1 N–H and O–H groups in total. The molecule has 5 nitrogen and oxygen atoms in total. The highest BCUT2D eigenvalue weighted by Gasteiger charge is 2.36. The Labute approximate surface area is 212 Å². The van der Waals surface area contributed by atoms with E-state index in [1.165, 1.54) is 17.7 Å². The van der Waals surface area contributed by atoms with Gasteiger partial charge in [0.25, 0.3) is 5.91 Å². The Hall–Kier alpha value is -3.19. The molecule has 0 fully saturated rings. The molecule has 0 saturated carbocycles. The first kappa shape index (κ1) is 24.9. The number of benzene rings is 3. The van der Waals surface area contributed by atoms with Crippen molar-refractivity contribution in [1.82, 2.24) is 0 Å². The predicted octanol–water partition coefficient (Wildman–Crippen LogP) is 7.02. The highest BCUT2D eigenvalue weighted by molar-refractivity contribution is 9.10. The minimum atomic E-state index is -0.761. The summed E-state index contributed by atoms with van der Waals surface area (Å²) in [6, 6.07) is 15.8. The molecule has 3 aromatic rings. The minimum absolute atomic E-state index is 0.0414. The van der Waals surface area contributed by atoms with Crippen LogP contribution in [0.1, 0.15) is 70.5 Å². The molecule has 0 spiro atoms. The number of amides is 1. The van der Waals surface area contributed by atoms with Crippen LogP contribution in [0.25, 0.3) is 0 Å². The normalized spacial score (nSPS) is 16.1. The lowest BCUT2D eigenvalue weighted by Gasteiger charge is -2.38. The molecule has 1 amide bonds. The van der Waals surface area contributed by atoms with Crippen molar-refractivity contribution < 1.29 is 23.5 Å². The molecule has 3 aromatic carbocycles. The monoisotopic (exact) mass is 539 g/mol. The van der Waals surface area contributed by atoms with Crippen LogP contribution in [0.2, 0.25) is 0 Å². The molecule has 4 rings (SSSR count). The van der Waals surface area contributed by atoms with Gasteiger partial charge in [-0.25, -0.2) is 9.18 Å². The third kappa shape index (κ3) is 5.40. The van der Waals surface area contributed by atoms with Gasteiger partial charge in [-0.15, -0.1) is 0 Å². The molecular weight excluding hydrogens is 513 g/mol. The van der Waals surface area contributed by atoms with E-state index < -0.39 is 17.7 Å². The molecule has 0 aliphatic carbocycles. The van der Waals surface area contributed by atoms with Gasteiger partial charge in [-0.2, -0.15) is 0 Å². The second-order valence-electron chi connectivity index (χ2n) is 9.27. The van der Waals surface area contributed by atoms with E-state index in [-0.39, 0.29) is 29.4 Å². The zero-order chi connectivity index (χ0) is 25.3. The number of nitrogens with one attached hydrogen (secondary N) is 1. The topological polar surface area (TPSA) is 64.6 Å². The number of hydrogen-bond donors (Lipinski definition) is 1. The van der Waals surface area contributed by atoms with Gasteiger partial charge in [0, 0.05) is 22.7 Å². The van der Waals surface area contributed by atoms with E-state index in [0.29, 0.717) is 15.8 Å². The molecule has 1 aliphatic rings. The van der Waals surface area contributed by atoms with E-state index in [1.807, 2.05) is 13.0 Å². The molecule has 0 aromatic heterocycles. The number of fused-ring (bicyclic) bond motifs is 1. The SMILES string of the molecule is CCOC(=O)c1ccc(NC(=O)c2cc(Br)c3c(c2)C(c2ccc(C)cc2)CC(C)(C)O3)cc1F. The van der Waals surface area contributed by atoms with Crippen LogP contribution in [-0.4, -0.2) is 24.1 Å².